The molecule has 0 radical (unpaired) electrons. The number of hydrogen-bond acceptors (Lipinski definition) is 4. The fraction of sp³-hybridized carbons (Fsp3) is 0.278. The zero-order chi connectivity index (χ0) is 17.8. The fourth-order valence-electron chi connectivity index (χ4n) is 2.75. The summed E-state index contributed by atoms with van der Waals surface area (Å²) in [4.78, 5) is 13.7. The van der Waals surface area contributed by atoms with Crippen LogP contribution in [0, 0.1) is 0 Å². The van der Waals surface area contributed by atoms with Crippen molar-refractivity contribution >= 4 is 40.5 Å². The number of anilines is 2. The van der Waals surface area contributed by atoms with Gasteiger partial charge in [0.25, 0.3) is 0 Å². The highest BCUT2D eigenvalue weighted by Gasteiger charge is 2.18. The molecular formula is C18H18Cl2N2O3. The molecule has 0 atom stereocenters. The minimum absolute atomic E-state index is 0.279. The van der Waals surface area contributed by atoms with Crippen LogP contribution in [0.1, 0.15) is 15.9 Å². The van der Waals surface area contributed by atoms with Crippen LogP contribution in [0.3, 0.4) is 0 Å². The van der Waals surface area contributed by atoms with Crippen LogP contribution in [0.15, 0.2) is 36.4 Å². The Balaban J connectivity index is 1.76. The molecule has 3 rings (SSSR count). The number of nitrogens with one attached hydrogen (secondary N) is 1. The second-order valence-corrected chi connectivity index (χ2v) is 6.55. The van der Waals surface area contributed by atoms with Crippen LogP contribution in [0.2, 0.25) is 10.0 Å². The highest BCUT2D eigenvalue weighted by molar-refractivity contribution is 6.42. The van der Waals surface area contributed by atoms with Gasteiger partial charge in [-0.3, -0.25) is 0 Å². The molecule has 2 aromatic carbocycles. The quantitative estimate of drug-likeness (QED) is 0.815. The molecule has 1 saturated heterocycles. The van der Waals surface area contributed by atoms with E-state index in [0.29, 0.717) is 42.9 Å². The monoisotopic (exact) mass is 380 g/mol. The van der Waals surface area contributed by atoms with Gasteiger partial charge in [-0.05, 0) is 35.9 Å². The second-order valence-electron chi connectivity index (χ2n) is 5.74. The third-order valence-electron chi connectivity index (χ3n) is 4.06. The number of carbonyl (C=O) groups is 1. The average Bonchev–Trinajstić information content (AvgIpc) is 2.63. The van der Waals surface area contributed by atoms with E-state index in [0.717, 1.165) is 16.9 Å². The van der Waals surface area contributed by atoms with E-state index < -0.39 is 5.97 Å². The lowest BCUT2D eigenvalue weighted by atomic mass is 10.1. The van der Waals surface area contributed by atoms with E-state index >= 15 is 0 Å². The third kappa shape index (κ3) is 4.37. The van der Waals surface area contributed by atoms with Crippen molar-refractivity contribution in [3.63, 3.8) is 0 Å². The van der Waals surface area contributed by atoms with Crippen LogP contribution in [0.5, 0.6) is 0 Å². The molecule has 0 aromatic heterocycles. The van der Waals surface area contributed by atoms with Crippen LogP contribution < -0.4 is 10.2 Å². The van der Waals surface area contributed by atoms with E-state index in [4.69, 9.17) is 27.9 Å². The molecule has 0 amide bonds. The van der Waals surface area contributed by atoms with E-state index in [1.165, 1.54) is 0 Å². The molecule has 1 heterocycles. The number of nitrogens with zero attached hydrogens (tertiary/aromatic N) is 1. The maximum absolute atomic E-state index is 11.7. The largest absolute Gasteiger partial charge is 0.478 e. The zero-order valence-corrected chi connectivity index (χ0v) is 15.0. The summed E-state index contributed by atoms with van der Waals surface area (Å²) in [5.41, 5.74) is 2.70. The number of halogens is 2. The molecule has 1 fully saturated rings. The van der Waals surface area contributed by atoms with E-state index in [9.17, 15) is 9.90 Å². The molecule has 1 aliphatic heterocycles. The van der Waals surface area contributed by atoms with Crippen molar-refractivity contribution in [1.29, 1.82) is 0 Å². The number of aromatic carboxylic acids is 1. The molecule has 2 aromatic rings. The summed E-state index contributed by atoms with van der Waals surface area (Å²) < 4.78 is 5.33. The molecule has 132 valence electrons. The summed E-state index contributed by atoms with van der Waals surface area (Å²) in [6.45, 7) is 3.12. The van der Waals surface area contributed by atoms with E-state index in [1.807, 2.05) is 23.1 Å². The molecule has 7 heteroatoms. The Kier molecular flexibility index (Phi) is 5.68. The number of morpholine rings is 1. The predicted octanol–water partition coefficient (Wildman–Crippen LogP) is 4.14. The third-order valence-corrected chi connectivity index (χ3v) is 4.80. The number of ether oxygens (including phenoxy) is 1. The lowest BCUT2D eigenvalue weighted by molar-refractivity contribution is 0.0696. The van der Waals surface area contributed by atoms with Gasteiger partial charge in [0.1, 0.15) is 0 Å². The SMILES string of the molecule is O=C(O)c1cc(NCc2ccc(Cl)c(Cl)c2)ccc1N1CCOCC1. The van der Waals surface area contributed by atoms with Crippen molar-refractivity contribution < 1.29 is 14.6 Å². The topological polar surface area (TPSA) is 61.8 Å². The number of rotatable bonds is 5. The van der Waals surface area contributed by atoms with Gasteiger partial charge in [-0.2, -0.15) is 0 Å². The Hall–Kier alpha value is -1.95. The predicted molar refractivity (Wildman–Crippen MR) is 100 cm³/mol. The van der Waals surface area contributed by atoms with Gasteiger partial charge in [0.05, 0.1) is 34.5 Å². The van der Waals surface area contributed by atoms with Crippen molar-refractivity contribution in [2.24, 2.45) is 0 Å². The van der Waals surface area contributed by atoms with Gasteiger partial charge in [0.2, 0.25) is 0 Å². The summed E-state index contributed by atoms with van der Waals surface area (Å²) >= 11 is 11.9. The summed E-state index contributed by atoms with van der Waals surface area (Å²) in [6.07, 6.45) is 0. The fourth-order valence-corrected chi connectivity index (χ4v) is 3.07. The molecule has 25 heavy (non-hydrogen) atoms. The van der Waals surface area contributed by atoms with Gasteiger partial charge < -0.3 is 20.1 Å². The average molecular weight is 381 g/mol. The molecule has 2 N–H and O–H groups in total. The Labute approximate surface area is 156 Å². The maximum atomic E-state index is 11.7. The highest BCUT2D eigenvalue weighted by atomic mass is 35.5. The van der Waals surface area contributed by atoms with Gasteiger partial charge in [-0.25, -0.2) is 4.79 Å². The number of carboxylic acids is 1. The minimum atomic E-state index is -0.945. The first-order valence-electron chi connectivity index (χ1n) is 7.92. The lowest BCUT2D eigenvalue weighted by Crippen LogP contribution is -2.37. The van der Waals surface area contributed by atoms with Crippen LogP contribution in [-0.4, -0.2) is 37.4 Å². The van der Waals surface area contributed by atoms with Crippen molar-refractivity contribution in [2.75, 3.05) is 36.5 Å². The number of carboxylic acid groups (broad SMARTS) is 1. The standard InChI is InChI=1S/C18H18Cl2N2O3/c19-15-3-1-12(9-16(15)20)11-21-13-2-4-17(14(10-13)18(23)24)22-5-7-25-8-6-22/h1-4,9-10,21H,5-8,11H2,(H,23,24). The summed E-state index contributed by atoms with van der Waals surface area (Å²) in [7, 11) is 0. The van der Waals surface area contributed by atoms with Crippen molar-refractivity contribution in [3.05, 3.63) is 57.6 Å². The Morgan fingerprint density at radius 2 is 1.88 bits per heavy atom. The van der Waals surface area contributed by atoms with Crippen molar-refractivity contribution in [3.8, 4) is 0 Å². The first kappa shape index (κ1) is 17.9. The summed E-state index contributed by atoms with van der Waals surface area (Å²) in [5, 5.41) is 13.8. The van der Waals surface area contributed by atoms with Gasteiger partial charge >= 0.3 is 5.97 Å². The molecule has 0 aliphatic carbocycles. The molecule has 5 nitrogen and oxygen atoms in total. The van der Waals surface area contributed by atoms with E-state index in [1.54, 1.807) is 18.2 Å². The Bertz CT molecular complexity index is 777. The summed E-state index contributed by atoms with van der Waals surface area (Å²) in [6, 6.07) is 10.8. The Morgan fingerprint density at radius 3 is 2.56 bits per heavy atom. The molecule has 0 spiro atoms. The molecule has 0 bridgehead atoms. The van der Waals surface area contributed by atoms with Crippen LogP contribution in [-0.2, 0) is 11.3 Å². The van der Waals surface area contributed by atoms with Gasteiger partial charge in [-0.15, -0.1) is 0 Å². The van der Waals surface area contributed by atoms with Gasteiger partial charge in [-0.1, -0.05) is 29.3 Å². The van der Waals surface area contributed by atoms with E-state index in [-0.39, 0.29) is 5.56 Å². The highest BCUT2D eigenvalue weighted by Crippen LogP contribution is 2.27. The van der Waals surface area contributed by atoms with Gasteiger partial charge in [0.15, 0.2) is 0 Å². The minimum Gasteiger partial charge on any atom is -0.478 e. The smallest absolute Gasteiger partial charge is 0.337 e. The molecule has 0 unspecified atom stereocenters. The maximum Gasteiger partial charge on any atom is 0.337 e. The van der Waals surface area contributed by atoms with Crippen molar-refractivity contribution in [1.82, 2.24) is 0 Å². The van der Waals surface area contributed by atoms with Crippen LogP contribution in [0.25, 0.3) is 0 Å². The second kappa shape index (κ2) is 7.95. The molecule has 0 saturated carbocycles. The van der Waals surface area contributed by atoms with Gasteiger partial charge in [0, 0.05) is 25.3 Å². The lowest BCUT2D eigenvalue weighted by Gasteiger charge is -2.30. The normalized spacial score (nSPS) is 14.4. The number of benzene rings is 2. The van der Waals surface area contributed by atoms with Crippen LogP contribution >= 0.6 is 23.2 Å². The first-order chi connectivity index (χ1) is 12.0. The van der Waals surface area contributed by atoms with Crippen molar-refractivity contribution in [2.45, 2.75) is 6.54 Å². The first-order valence-corrected chi connectivity index (χ1v) is 8.68. The molecular weight excluding hydrogens is 363 g/mol. The van der Waals surface area contributed by atoms with E-state index in [2.05, 4.69) is 5.32 Å². The zero-order valence-electron chi connectivity index (χ0n) is 13.5. The summed E-state index contributed by atoms with van der Waals surface area (Å²) in [5.74, 6) is -0.945. The Morgan fingerprint density at radius 1 is 1.12 bits per heavy atom. The molecule has 1 aliphatic rings. The van der Waals surface area contributed by atoms with Crippen LogP contribution in [0.4, 0.5) is 11.4 Å². The number of hydrogen-bond donors (Lipinski definition) is 2.